The van der Waals surface area contributed by atoms with E-state index in [9.17, 15) is 0 Å². The molecule has 1 heterocycles. The summed E-state index contributed by atoms with van der Waals surface area (Å²) in [6.07, 6.45) is 0. The maximum atomic E-state index is 4.71. The number of benzene rings is 2. The number of aryl methyl sites for hydroxylation is 1. The van der Waals surface area contributed by atoms with Crippen LogP contribution < -0.4 is 5.32 Å². The second-order valence-corrected chi connectivity index (χ2v) is 5.31. The summed E-state index contributed by atoms with van der Waals surface area (Å²) in [6, 6.07) is 18.3. The Bertz CT molecular complexity index is 723. The van der Waals surface area contributed by atoms with E-state index < -0.39 is 0 Å². The molecule has 19 heavy (non-hydrogen) atoms. The highest BCUT2D eigenvalue weighted by Gasteiger charge is 2.06. The van der Waals surface area contributed by atoms with Crippen LogP contribution in [0.1, 0.15) is 5.56 Å². The molecule has 94 valence electrons. The van der Waals surface area contributed by atoms with Crippen LogP contribution >= 0.6 is 15.9 Å². The number of para-hydroxylation sites is 2. The van der Waals surface area contributed by atoms with Gasteiger partial charge in [0.25, 0.3) is 0 Å². The zero-order chi connectivity index (χ0) is 13.2. The lowest BCUT2D eigenvalue weighted by molar-refractivity contribution is 1.30. The molecule has 0 saturated carbocycles. The molecule has 0 radical (unpaired) electrons. The van der Waals surface area contributed by atoms with E-state index in [4.69, 9.17) is 4.98 Å². The van der Waals surface area contributed by atoms with E-state index in [-0.39, 0.29) is 0 Å². The van der Waals surface area contributed by atoms with Crippen molar-refractivity contribution in [3.8, 4) is 0 Å². The molecule has 3 heteroatoms. The summed E-state index contributed by atoms with van der Waals surface area (Å²) in [5.41, 5.74) is 3.16. The van der Waals surface area contributed by atoms with E-state index in [1.54, 1.807) is 0 Å². The van der Waals surface area contributed by atoms with Gasteiger partial charge in [0.15, 0.2) is 0 Å². The normalized spacial score (nSPS) is 10.6. The Kier molecular flexibility index (Phi) is 3.22. The van der Waals surface area contributed by atoms with E-state index in [2.05, 4.69) is 40.3 Å². The molecule has 0 aliphatic carbocycles. The van der Waals surface area contributed by atoms with Crippen LogP contribution in [0.4, 0.5) is 11.5 Å². The van der Waals surface area contributed by atoms with Gasteiger partial charge >= 0.3 is 0 Å². The van der Waals surface area contributed by atoms with E-state index in [1.807, 2.05) is 42.5 Å². The van der Waals surface area contributed by atoms with Gasteiger partial charge in [-0.15, -0.1) is 0 Å². The molecule has 0 saturated heterocycles. The maximum Gasteiger partial charge on any atom is 0.134 e. The molecule has 3 aromatic rings. The van der Waals surface area contributed by atoms with Crippen molar-refractivity contribution in [1.82, 2.24) is 4.98 Å². The number of nitrogens with one attached hydrogen (secondary N) is 1. The van der Waals surface area contributed by atoms with E-state index in [0.29, 0.717) is 0 Å². The lowest BCUT2D eigenvalue weighted by Gasteiger charge is -2.10. The fourth-order valence-electron chi connectivity index (χ4n) is 2.05. The Hall–Kier alpha value is -1.87. The van der Waals surface area contributed by atoms with Gasteiger partial charge in [-0.2, -0.15) is 0 Å². The molecule has 1 N–H and O–H groups in total. The molecule has 3 rings (SSSR count). The lowest BCUT2D eigenvalue weighted by Crippen LogP contribution is -1.97. The molecule has 1 aromatic heterocycles. The summed E-state index contributed by atoms with van der Waals surface area (Å²) in [5.74, 6) is 0.894. The van der Waals surface area contributed by atoms with Crippen molar-refractivity contribution in [1.29, 1.82) is 0 Å². The molecule has 0 atom stereocenters. The molecular weight excluding hydrogens is 300 g/mol. The van der Waals surface area contributed by atoms with E-state index in [1.165, 1.54) is 0 Å². The number of fused-ring (bicyclic) bond motifs is 1. The minimum absolute atomic E-state index is 0.894. The number of hydrogen-bond acceptors (Lipinski definition) is 2. The van der Waals surface area contributed by atoms with Gasteiger partial charge in [-0.1, -0.05) is 30.3 Å². The van der Waals surface area contributed by atoms with Crippen LogP contribution in [0.15, 0.2) is 59.1 Å². The lowest BCUT2D eigenvalue weighted by atomic mass is 10.1. The zero-order valence-corrected chi connectivity index (χ0v) is 12.1. The van der Waals surface area contributed by atoms with Crippen molar-refractivity contribution in [3.63, 3.8) is 0 Å². The number of pyridine rings is 1. The minimum atomic E-state index is 0.894. The number of anilines is 2. The molecule has 2 aromatic carbocycles. The van der Waals surface area contributed by atoms with E-state index >= 15 is 0 Å². The third kappa shape index (κ3) is 2.47. The molecule has 0 unspecified atom stereocenters. The first kappa shape index (κ1) is 12.2. The third-order valence-electron chi connectivity index (χ3n) is 3.02. The standard InChI is InChI=1S/C16H13BrN2/c1-11-10-12-6-5-9-14(17)15(12)19-16(11)18-13-7-3-2-4-8-13/h2-10H,1H3,(H,18,19). The number of aromatic nitrogens is 1. The van der Waals surface area contributed by atoms with Gasteiger partial charge in [0, 0.05) is 15.5 Å². The van der Waals surface area contributed by atoms with Crippen LogP contribution in [-0.2, 0) is 0 Å². The topological polar surface area (TPSA) is 24.9 Å². The van der Waals surface area contributed by atoms with Gasteiger partial charge in [0.1, 0.15) is 5.82 Å². The Labute approximate surface area is 120 Å². The van der Waals surface area contributed by atoms with Crippen LogP contribution in [-0.4, -0.2) is 4.98 Å². The first-order valence-electron chi connectivity index (χ1n) is 6.12. The molecule has 0 bridgehead atoms. The number of halogens is 1. The predicted molar refractivity (Wildman–Crippen MR) is 83.9 cm³/mol. The average molecular weight is 313 g/mol. The highest BCUT2D eigenvalue weighted by Crippen LogP contribution is 2.27. The second-order valence-electron chi connectivity index (χ2n) is 4.46. The Balaban J connectivity index is 2.09. The van der Waals surface area contributed by atoms with Crippen LogP contribution in [0.3, 0.4) is 0 Å². The van der Waals surface area contributed by atoms with Crippen molar-refractivity contribution in [2.45, 2.75) is 6.92 Å². The molecule has 0 aliphatic heterocycles. The van der Waals surface area contributed by atoms with Crippen molar-refractivity contribution in [2.75, 3.05) is 5.32 Å². The molecule has 2 nitrogen and oxygen atoms in total. The minimum Gasteiger partial charge on any atom is -0.340 e. The summed E-state index contributed by atoms with van der Waals surface area (Å²) in [5, 5.41) is 4.50. The Morgan fingerprint density at radius 1 is 1.00 bits per heavy atom. The van der Waals surface area contributed by atoms with Gasteiger partial charge in [0.05, 0.1) is 5.52 Å². The largest absolute Gasteiger partial charge is 0.340 e. The summed E-state index contributed by atoms with van der Waals surface area (Å²) in [6.45, 7) is 2.07. The first-order chi connectivity index (χ1) is 9.24. The summed E-state index contributed by atoms with van der Waals surface area (Å²) < 4.78 is 1.01. The highest BCUT2D eigenvalue weighted by molar-refractivity contribution is 9.10. The van der Waals surface area contributed by atoms with Crippen LogP contribution in [0.5, 0.6) is 0 Å². The molecule has 0 amide bonds. The summed E-state index contributed by atoms with van der Waals surface area (Å²) >= 11 is 3.55. The smallest absolute Gasteiger partial charge is 0.134 e. The second kappa shape index (κ2) is 5.02. The molecule has 0 aliphatic rings. The van der Waals surface area contributed by atoms with Crippen molar-refractivity contribution >= 4 is 38.3 Å². The van der Waals surface area contributed by atoms with Gasteiger partial charge in [-0.3, -0.25) is 0 Å². The third-order valence-corrected chi connectivity index (χ3v) is 3.66. The average Bonchev–Trinajstić information content (AvgIpc) is 2.42. The van der Waals surface area contributed by atoms with E-state index in [0.717, 1.165) is 32.4 Å². The Morgan fingerprint density at radius 3 is 2.58 bits per heavy atom. The predicted octanol–water partition coefficient (Wildman–Crippen LogP) is 5.05. The molecule has 0 spiro atoms. The maximum absolute atomic E-state index is 4.71. The first-order valence-corrected chi connectivity index (χ1v) is 6.91. The number of nitrogens with zero attached hydrogens (tertiary/aromatic N) is 1. The summed E-state index contributed by atoms with van der Waals surface area (Å²) in [7, 11) is 0. The Morgan fingerprint density at radius 2 is 1.79 bits per heavy atom. The molecular formula is C16H13BrN2. The quantitative estimate of drug-likeness (QED) is 0.716. The van der Waals surface area contributed by atoms with Crippen LogP contribution in [0.2, 0.25) is 0 Å². The van der Waals surface area contributed by atoms with Gasteiger partial charge in [0.2, 0.25) is 0 Å². The van der Waals surface area contributed by atoms with Gasteiger partial charge in [-0.25, -0.2) is 4.98 Å². The van der Waals surface area contributed by atoms with Crippen molar-refractivity contribution in [2.24, 2.45) is 0 Å². The SMILES string of the molecule is Cc1cc2cccc(Br)c2nc1Nc1ccccc1. The van der Waals surface area contributed by atoms with Crippen LogP contribution in [0, 0.1) is 6.92 Å². The van der Waals surface area contributed by atoms with Gasteiger partial charge in [-0.05, 0) is 52.7 Å². The summed E-state index contributed by atoms with van der Waals surface area (Å²) in [4.78, 5) is 4.71. The fraction of sp³-hybridized carbons (Fsp3) is 0.0625. The number of rotatable bonds is 2. The van der Waals surface area contributed by atoms with Gasteiger partial charge < -0.3 is 5.32 Å². The fourth-order valence-corrected chi connectivity index (χ4v) is 2.52. The highest BCUT2D eigenvalue weighted by atomic mass is 79.9. The van der Waals surface area contributed by atoms with Crippen molar-refractivity contribution in [3.05, 3.63) is 64.6 Å². The number of hydrogen-bond donors (Lipinski definition) is 1. The monoisotopic (exact) mass is 312 g/mol. The van der Waals surface area contributed by atoms with Crippen LogP contribution in [0.25, 0.3) is 10.9 Å². The molecule has 0 fully saturated rings. The zero-order valence-electron chi connectivity index (χ0n) is 10.5. The van der Waals surface area contributed by atoms with Crippen molar-refractivity contribution < 1.29 is 0 Å².